The van der Waals surface area contributed by atoms with E-state index < -0.39 is 35.0 Å². The topological polar surface area (TPSA) is 81.2 Å². The maximum atomic E-state index is 11.6. The lowest BCUT2D eigenvalue weighted by Crippen LogP contribution is -2.43. The van der Waals surface area contributed by atoms with Crippen LogP contribution in [0, 0.1) is 0 Å². The van der Waals surface area contributed by atoms with Gasteiger partial charge in [-0.25, -0.2) is 18.4 Å². The minimum absolute atomic E-state index is 0.445. The average Bonchev–Trinajstić information content (AvgIpc) is 2.81. The first-order valence-corrected chi connectivity index (χ1v) is 8.26. The van der Waals surface area contributed by atoms with Crippen molar-refractivity contribution in [3.63, 3.8) is 0 Å². The molecule has 0 unspecified atom stereocenters. The van der Waals surface area contributed by atoms with Crippen LogP contribution < -0.4 is 0 Å². The zero-order chi connectivity index (χ0) is 19.0. The Morgan fingerprint density at radius 2 is 1.12 bits per heavy atom. The van der Waals surface area contributed by atoms with Crippen LogP contribution >= 0.6 is 47.1 Å². The minimum atomic E-state index is -1.04. The largest absolute Gasteiger partial charge is 0.357 e. The van der Waals surface area contributed by atoms with E-state index in [1.54, 1.807) is 13.8 Å². The van der Waals surface area contributed by atoms with Crippen molar-refractivity contribution in [3.05, 3.63) is 0 Å². The summed E-state index contributed by atoms with van der Waals surface area (Å²) in [5.41, 5.74) is -2.00. The smallest absolute Gasteiger partial charge is 0.270 e. The number of hydrogen-bond donors (Lipinski definition) is 0. The van der Waals surface area contributed by atoms with Gasteiger partial charge in [0.25, 0.3) is 11.8 Å². The zero-order valence-corrected chi connectivity index (χ0v) is 16.4. The molecule has 2 fully saturated rings. The van der Waals surface area contributed by atoms with Crippen molar-refractivity contribution >= 4 is 71.0 Å². The van der Waals surface area contributed by atoms with E-state index in [4.69, 9.17) is 47.1 Å². The normalized spacial score (nSPS) is 22.3. The van der Waals surface area contributed by atoms with Gasteiger partial charge in [0.15, 0.2) is 0 Å². The molecule has 0 aliphatic carbocycles. The molecule has 0 saturated carbocycles. The van der Waals surface area contributed by atoms with Crippen molar-refractivity contribution in [2.75, 3.05) is 0 Å². The Balaban J connectivity index is 0.000000243. The van der Waals surface area contributed by atoms with Crippen LogP contribution in [-0.4, -0.2) is 52.6 Å². The number of urea groups is 2. The Bertz CT molecular complexity index is 581. The lowest BCUT2D eigenvalue weighted by molar-refractivity contribution is -0.129. The summed E-state index contributed by atoms with van der Waals surface area (Å²) in [5, 5.41) is 0. The highest BCUT2D eigenvalue weighted by Crippen LogP contribution is 2.36. The van der Waals surface area contributed by atoms with Gasteiger partial charge in [0.05, 0.1) is 0 Å². The van der Waals surface area contributed by atoms with Crippen molar-refractivity contribution in [3.8, 4) is 0 Å². The predicted molar refractivity (Wildman–Crippen MR) is 89.0 cm³/mol. The Morgan fingerprint density at radius 3 is 1.25 bits per heavy atom. The Kier molecular flexibility index (Phi) is 6.25. The van der Waals surface area contributed by atoms with E-state index in [9.17, 15) is 19.2 Å². The van der Waals surface area contributed by atoms with Crippen molar-refractivity contribution in [2.24, 2.45) is 0 Å². The van der Waals surface area contributed by atoms with Crippen LogP contribution in [-0.2, 0) is 9.59 Å². The summed E-state index contributed by atoms with van der Waals surface area (Å²) in [7, 11) is 0. The average molecular weight is 422 g/mol. The number of hydrogen-bond acceptors (Lipinski definition) is 4. The predicted octanol–water partition coefficient (Wildman–Crippen LogP) is 3.45. The third-order valence-electron chi connectivity index (χ3n) is 3.99. The first kappa shape index (κ1) is 21.1. The second kappa shape index (κ2) is 7.11. The molecule has 0 bridgehead atoms. The molecule has 0 radical (unpaired) electrons. The summed E-state index contributed by atoms with van der Waals surface area (Å²) < 4.78 is 2.69. The number of imide groups is 2. The third-order valence-corrected chi connectivity index (χ3v) is 5.62. The number of carbonyl (C=O) groups excluding carboxylic acids is 4. The minimum Gasteiger partial charge on any atom is -0.270 e. The molecule has 0 spiro atoms. The van der Waals surface area contributed by atoms with Gasteiger partial charge in [0.1, 0.15) is 11.1 Å². The molecule has 2 heterocycles. The number of halogens is 4. The van der Waals surface area contributed by atoms with E-state index in [1.165, 1.54) is 13.8 Å². The zero-order valence-electron chi connectivity index (χ0n) is 13.3. The van der Waals surface area contributed by atoms with Crippen LogP contribution in [0.5, 0.6) is 0 Å². The van der Waals surface area contributed by atoms with E-state index in [0.717, 1.165) is 8.84 Å². The summed E-state index contributed by atoms with van der Waals surface area (Å²) in [6.45, 7) is 6.62. The maximum Gasteiger partial charge on any atom is 0.357 e. The second-order valence-corrected chi connectivity index (χ2v) is 6.95. The standard InChI is InChI=1S/C7H10Cl2N2O2.C5H6Cl2N2O2/c1-3-7(4-2)5(12)10(8)6(13)11(7)9;1-5(2)3(10)8(6)4(11)9(5)7/h3-4H2,1-2H3;1-2H3. The first-order valence-electron chi connectivity index (χ1n) is 6.90. The molecular formula is C12H16Cl4N4O4. The molecule has 6 amide bonds. The molecule has 2 rings (SSSR count). The van der Waals surface area contributed by atoms with Crippen LogP contribution in [0.15, 0.2) is 0 Å². The van der Waals surface area contributed by atoms with Gasteiger partial charge >= 0.3 is 12.1 Å². The highest BCUT2D eigenvalue weighted by Gasteiger charge is 2.55. The van der Waals surface area contributed by atoms with Crippen molar-refractivity contribution in [1.82, 2.24) is 17.7 Å². The van der Waals surface area contributed by atoms with Crippen molar-refractivity contribution < 1.29 is 19.2 Å². The fourth-order valence-electron chi connectivity index (χ4n) is 2.17. The van der Waals surface area contributed by atoms with E-state index in [1.807, 2.05) is 0 Å². The molecule has 2 aliphatic heterocycles. The van der Waals surface area contributed by atoms with Crippen LogP contribution in [0.25, 0.3) is 0 Å². The Hall–Kier alpha value is -0.960. The van der Waals surface area contributed by atoms with Gasteiger partial charge < -0.3 is 0 Å². The monoisotopic (exact) mass is 420 g/mol. The van der Waals surface area contributed by atoms with E-state index in [0.29, 0.717) is 21.7 Å². The molecule has 0 aromatic rings. The van der Waals surface area contributed by atoms with Crippen molar-refractivity contribution in [1.29, 1.82) is 0 Å². The molecule has 0 aromatic carbocycles. The molecule has 136 valence electrons. The molecule has 12 heteroatoms. The fraction of sp³-hybridized carbons (Fsp3) is 0.667. The third kappa shape index (κ3) is 3.00. The van der Waals surface area contributed by atoms with Gasteiger partial charge in [0, 0.05) is 47.1 Å². The maximum absolute atomic E-state index is 11.6. The van der Waals surface area contributed by atoms with Crippen LogP contribution in [0.4, 0.5) is 9.59 Å². The molecule has 2 aliphatic rings. The number of carbonyl (C=O) groups is 4. The molecule has 2 saturated heterocycles. The number of amides is 6. The highest BCUT2D eigenvalue weighted by molar-refractivity contribution is 6.39. The summed E-state index contributed by atoms with van der Waals surface area (Å²) in [4.78, 5) is 44.8. The van der Waals surface area contributed by atoms with Gasteiger partial charge in [-0.15, -0.1) is 0 Å². The quantitative estimate of drug-likeness (QED) is 0.505. The van der Waals surface area contributed by atoms with Gasteiger partial charge in [0.2, 0.25) is 0 Å². The van der Waals surface area contributed by atoms with E-state index in [-0.39, 0.29) is 0 Å². The van der Waals surface area contributed by atoms with Crippen LogP contribution in [0.3, 0.4) is 0 Å². The lowest BCUT2D eigenvalue weighted by Gasteiger charge is -2.26. The van der Waals surface area contributed by atoms with E-state index in [2.05, 4.69) is 0 Å². The molecule has 0 N–H and O–H groups in total. The van der Waals surface area contributed by atoms with E-state index >= 15 is 0 Å². The SMILES string of the molecule is CC1(C)C(=O)N(Cl)C(=O)N1Cl.CCC1(CC)C(=O)N(Cl)C(=O)N1Cl. The summed E-state index contributed by atoms with van der Waals surface area (Å²) >= 11 is 22.0. The van der Waals surface area contributed by atoms with Crippen LogP contribution in [0.1, 0.15) is 40.5 Å². The van der Waals surface area contributed by atoms with Crippen molar-refractivity contribution in [2.45, 2.75) is 51.6 Å². The highest BCUT2D eigenvalue weighted by atomic mass is 35.5. The number of nitrogens with zero attached hydrogens (tertiary/aromatic N) is 4. The Labute approximate surface area is 159 Å². The lowest BCUT2D eigenvalue weighted by atomic mass is 9.93. The first-order chi connectivity index (χ1) is 10.9. The van der Waals surface area contributed by atoms with Gasteiger partial charge in [-0.3, -0.25) is 9.59 Å². The molecular weight excluding hydrogens is 406 g/mol. The summed E-state index contributed by atoms with van der Waals surface area (Å²) in [6, 6.07) is -1.37. The molecule has 24 heavy (non-hydrogen) atoms. The summed E-state index contributed by atoms with van der Waals surface area (Å²) in [5.74, 6) is -0.960. The second-order valence-electron chi connectivity index (χ2n) is 5.60. The molecule has 0 atom stereocenters. The fourth-order valence-corrected chi connectivity index (χ4v) is 3.30. The molecule has 8 nitrogen and oxygen atoms in total. The molecule has 0 aromatic heterocycles. The van der Waals surface area contributed by atoms with Crippen LogP contribution in [0.2, 0.25) is 0 Å². The van der Waals surface area contributed by atoms with Gasteiger partial charge in [-0.1, -0.05) is 13.8 Å². The number of rotatable bonds is 2. The summed E-state index contributed by atoms with van der Waals surface area (Å²) in [6.07, 6.45) is 0.918. The van der Waals surface area contributed by atoms with Gasteiger partial charge in [-0.2, -0.15) is 8.84 Å². The van der Waals surface area contributed by atoms with Gasteiger partial charge in [-0.05, 0) is 26.7 Å². The Morgan fingerprint density at radius 1 is 0.750 bits per heavy atom.